The zero-order valence-electron chi connectivity index (χ0n) is 14.2. The van der Waals surface area contributed by atoms with Crippen molar-refractivity contribution >= 4 is 21.7 Å². The van der Waals surface area contributed by atoms with Gasteiger partial charge in [0.05, 0.1) is 17.4 Å². The summed E-state index contributed by atoms with van der Waals surface area (Å²) in [4.78, 5) is 25.0. The van der Waals surface area contributed by atoms with Gasteiger partial charge in [-0.1, -0.05) is 0 Å². The summed E-state index contributed by atoms with van der Waals surface area (Å²) in [5.74, 6) is -0.827. The molecule has 0 saturated carbocycles. The third-order valence-electron chi connectivity index (χ3n) is 4.18. The largest absolute Gasteiger partial charge is 0.494 e. The first kappa shape index (κ1) is 19.2. The lowest BCUT2D eigenvalue weighted by Crippen LogP contribution is -2.42. The number of carboxylic acids is 1. The molecule has 2 rings (SSSR count). The number of carbonyl (C=O) groups excluding carboxylic acids is 1. The molecule has 1 unspecified atom stereocenters. The van der Waals surface area contributed by atoms with Crippen LogP contribution in [-0.4, -0.2) is 56.3 Å². The topological polar surface area (TPSA) is 101 Å². The van der Waals surface area contributed by atoms with E-state index in [1.54, 1.807) is 17.0 Å². The van der Waals surface area contributed by atoms with Gasteiger partial charge in [0.2, 0.25) is 5.91 Å². The van der Waals surface area contributed by atoms with Crippen molar-refractivity contribution in [1.29, 1.82) is 0 Å². The molecule has 1 aliphatic rings. The number of sulfone groups is 1. The van der Waals surface area contributed by atoms with E-state index in [2.05, 4.69) is 0 Å². The van der Waals surface area contributed by atoms with Crippen LogP contribution in [0, 0.1) is 5.92 Å². The molecule has 0 spiro atoms. The maximum Gasteiger partial charge on any atom is 0.308 e. The van der Waals surface area contributed by atoms with Crippen LogP contribution in [0.1, 0.15) is 25.7 Å². The highest BCUT2D eigenvalue weighted by Gasteiger charge is 2.27. The minimum atomic E-state index is -3.23. The highest BCUT2D eigenvalue weighted by molar-refractivity contribution is 7.90. The molecule has 1 saturated heterocycles. The molecule has 138 valence electrons. The molecule has 1 aromatic carbocycles. The Morgan fingerprint density at radius 2 is 1.96 bits per heavy atom. The number of carboxylic acid groups (broad SMARTS) is 1. The van der Waals surface area contributed by atoms with E-state index in [1.807, 2.05) is 0 Å². The molecule has 8 heteroatoms. The van der Waals surface area contributed by atoms with Crippen LogP contribution >= 0.6 is 0 Å². The second-order valence-electron chi connectivity index (χ2n) is 6.21. The summed E-state index contributed by atoms with van der Waals surface area (Å²) in [5, 5.41) is 9.05. The Morgan fingerprint density at radius 3 is 2.56 bits per heavy atom. The molecule has 1 aliphatic heterocycles. The van der Waals surface area contributed by atoms with Gasteiger partial charge in [-0.2, -0.15) is 0 Å². The number of hydrogen-bond donors (Lipinski definition) is 1. The van der Waals surface area contributed by atoms with E-state index in [0.29, 0.717) is 44.6 Å². The number of ether oxygens (including phenoxy) is 1. The first-order valence-electron chi connectivity index (χ1n) is 8.21. The monoisotopic (exact) mass is 369 g/mol. The number of benzene rings is 1. The fourth-order valence-electron chi connectivity index (χ4n) is 2.76. The molecule has 1 atom stereocenters. The Labute approximate surface area is 147 Å². The van der Waals surface area contributed by atoms with Crippen molar-refractivity contribution in [3.63, 3.8) is 0 Å². The van der Waals surface area contributed by atoms with Gasteiger partial charge in [-0.3, -0.25) is 9.59 Å². The van der Waals surface area contributed by atoms with Crippen molar-refractivity contribution in [2.24, 2.45) is 5.92 Å². The van der Waals surface area contributed by atoms with Gasteiger partial charge >= 0.3 is 5.97 Å². The van der Waals surface area contributed by atoms with E-state index in [9.17, 15) is 18.0 Å². The molecule has 0 aliphatic carbocycles. The predicted octanol–water partition coefficient (Wildman–Crippen LogP) is 1.57. The van der Waals surface area contributed by atoms with Crippen molar-refractivity contribution in [1.82, 2.24) is 4.90 Å². The Kier molecular flexibility index (Phi) is 6.41. The molecule has 25 heavy (non-hydrogen) atoms. The zero-order valence-corrected chi connectivity index (χ0v) is 15.0. The minimum absolute atomic E-state index is 0.0537. The van der Waals surface area contributed by atoms with Crippen LogP contribution in [0.3, 0.4) is 0 Å². The lowest BCUT2D eigenvalue weighted by atomic mass is 9.98. The van der Waals surface area contributed by atoms with Crippen LogP contribution in [-0.2, 0) is 19.4 Å². The molecular formula is C17H23NO6S. The van der Waals surface area contributed by atoms with Crippen molar-refractivity contribution in [3.05, 3.63) is 24.3 Å². The third kappa shape index (κ3) is 5.74. The number of rotatable bonds is 7. The Balaban J connectivity index is 1.73. The van der Waals surface area contributed by atoms with Crippen molar-refractivity contribution in [3.8, 4) is 5.75 Å². The van der Waals surface area contributed by atoms with Crippen LogP contribution < -0.4 is 4.74 Å². The highest BCUT2D eigenvalue weighted by Crippen LogP contribution is 2.18. The maximum absolute atomic E-state index is 12.1. The summed E-state index contributed by atoms with van der Waals surface area (Å²) in [6, 6.07) is 6.13. The maximum atomic E-state index is 12.1. The molecule has 7 nitrogen and oxygen atoms in total. The van der Waals surface area contributed by atoms with Gasteiger partial charge in [0.1, 0.15) is 5.75 Å². The number of nitrogens with zero attached hydrogens (tertiary/aromatic N) is 1. The molecule has 0 aromatic heterocycles. The SMILES string of the molecule is CS(=O)(=O)c1ccc(OCCCC(=O)N2CCCC(C(=O)O)C2)cc1. The van der Waals surface area contributed by atoms with Crippen molar-refractivity contribution < 1.29 is 27.9 Å². The number of piperidine rings is 1. The molecule has 1 aromatic rings. The molecule has 1 heterocycles. The van der Waals surface area contributed by atoms with Crippen LogP contribution in [0.4, 0.5) is 0 Å². The average Bonchev–Trinajstić information content (AvgIpc) is 2.58. The summed E-state index contributed by atoms with van der Waals surface area (Å²) in [5.41, 5.74) is 0. The fourth-order valence-corrected chi connectivity index (χ4v) is 3.39. The number of aliphatic carboxylic acids is 1. The van der Waals surface area contributed by atoms with Gasteiger partial charge in [0.25, 0.3) is 0 Å². The quantitative estimate of drug-likeness (QED) is 0.732. The Bertz CT molecular complexity index is 713. The summed E-state index contributed by atoms with van der Waals surface area (Å²) in [7, 11) is -3.23. The van der Waals surface area contributed by atoms with Crippen LogP contribution in [0.2, 0.25) is 0 Å². The first-order valence-corrected chi connectivity index (χ1v) is 10.1. The third-order valence-corrected chi connectivity index (χ3v) is 5.31. The van der Waals surface area contributed by atoms with E-state index >= 15 is 0 Å². The van der Waals surface area contributed by atoms with Crippen molar-refractivity contribution in [2.75, 3.05) is 26.0 Å². The lowest BCUT2D eigenvalue weighted by molar-refractivity contribution is -0.145. The summed E-state index contributed by atoms with van der Waals surface area (Å²) in [6.45, 7) is 1.22. The number of hydrogen-bond acceptors (Lipinski definition) is 5. The van der Waals surface area contributed by atoms with E-state index in [4.69, 9.17) is 9.84 Å². The Hall–Kier alpha value is -2.09. The van der Waals surface area contributed by atoms with Gasteiger partial charge in [-0.05, 0) is 43.5 Å². The minimum Gasteiger partial charge on any atom is -0.494 e. The molecular weight excluding hydrogens is 346 g/mol. The predicted molar refractivity (Wildman–Crippen MR) is 91.2 cm³/mol. The van der Waals surface area contributed by atoms with E-state index < -0.39 is 21.7 Å². The van der Waals surface area contributed by atoms with E-state index in [-0.39, 0.29) is 17.3 Å². The van der Waals surface area contributed by atoms with E-state index in [1.165, 1.54) is 12.1 Å². The van der Waals surface area contributed by atoms with Gasteiger partial charge in [0.15, 0.2) is 9.84 Å². The van der Waals surface area contributed by atoms with Gasteiger partial charge in [-0.25, -0.2) is 8.42 Å². The van der Waals surface area contributed by atoms with E-state index in [0.717, 1.165) is 6.26 Å². The fraction of sp³-hybridized carbons (Fsp3) is 0.529. The van der Waals surface area contributed by atoms with Crippen LogP contribution in [0.5, 0.6) is 5.75 Å². The van der Waals surface area contributed by atoms with Gasteiger partial charge in [0, 0.05) is 25.8 Å². The second-order valence-corrected chi connectivity index (χ2v) is 8.23. The molecule has 0 radical (unpaired) electrons. The highest BCUT2D eigenvalue weighted by atomic mass is 32.2. The number of likely N-dealkylation sites (tertiary alicyclic amines) is 1. The second kappa shape index (κ2) is 8.33. The molecule has 1 N–H and O–H groups in total. The smallest absolute Gasteiger partial charge is 0.308 e. The molecule has 0 bridgehead atoms. The Morgan fingerprint density at radius 1 is 1.28 bits per heavy atom. The standard InChI is InChI=1S/C17H23NO6S/c1-25(22,23)15-8-6-14(7-9-15)24-11-3-5-16(19)18-10-2-4-13(12-18)17(20)21/h6-9,13H,2-5,10-12H2,1H3,(H,20,21). The molecule has 1 fully saturated rings. The average molecular weight is 369 g/mol. The molecule has 1 amide bonds. The first-order chi connectivity index (χ1) is 11.8. The number of carbonyl (C=O) groups is 2. The summed E-state index contributed by atoms with van der Waals surface area (Å²) < 4.78 is 28.3. The summed E-state index contributed by atoms with van der Waals surface area (Å²) >= 11 is 0. The lowest BCUT2D eigenvalue weighted by Gasteiger charge is -2.30. The van der Waals surface area contributed by atoms with Gasteiger partial charge in [-0.15, -0.1) is 0 Å². The number of amides is 1. The zero-order chi connectivity index (χ0) is 18.4. The van der Waals surface area contributed by atoms with Gasteiger partial charge < -0.3 is 14.7 Å². The van der Waals surface area contributed by atoms with Crippen molar-refractivity contribution in [2.45, 2.75) is 30.6 Å². The van der Waals surface area contributed by atoms with Crippen LogP contribution in [0.15, 0.2) is 29.2 Å². The normalized spacial score (nSPS) is 18.0. The summed E-state index contributed by atoms with van der Waals surface area (Å²) in [6.07, 6.45) is 3.29. The van der Waals surface area contributed by atoms with Crippen LogP contribution in [0.25, 0.3) is 0 Å².